The molecule has 5 rings (SSSR count). The Balaban J connectivity index is 1.44. The van der Waals surface area contributed by atoms with Crippen molar-refractivity contribution < 1.29 is 4.39 Å². The topological polar surface area (TPSA) is 73.9 Å². The average Bonchev–Trinajstić information content (AvgIpc) is 3.43. The molecule has 3 aromatic rings. The van der Waals surface area contributed by atoms with Crippen LogP contribution < -0.4 is 9.80 Å². The molecule has 0 N–H and O–H groups in total. The highest BCUT2D eigenvalue weighted by Crippen LogP contribution is 2.38. The van der Waals surface area contributed by atoms with Gasteiger partial charge in [-0.15, -0.1) is 0 Å². The van der Waals surface area contributed by atoms with E-state index in [1.807, 2.05) is 19.3 Å². The third-order valence-electron chi connectivity index (χ3n) is 5.50. The monoisotopic (exact) mass is 375 g/mol. The summed E-state index contributed by atoms with van der Waals surface area (Å²) in [5.41, 5.74) is 2.20. The molecule has 8 heteroatoms. The van der Waals surface area contributed by atoms with Crippen LogP contribution >= 0.6 is 0 Å². The fraction of sp³-hybridized carbons (Fsp3) is 0.300. The van der Waals surface area contributed by atoms with Crippen LogP contribution in [-0.4, -0.2) is 44.9 Å². The summed E-state index contributed by atoms with van der Waals surface area (Å²) in [5, 5.41) is 13.7. The van der Waals surface area contributed by atoms with Gasteiger partial charge in [0.15, 0.2) is 11.6 Å². The van der Waals surface area contributed by atoms with E-state index in [0.29, 0.717) is 17.2 Å². The van der Waals surface area contributed by atoms with Gasteiger partial charge in [-0.2, -0.15) is 10.4 Å². The number of benzene rings is 1. The molecule has 2 saturated heterocycles. The molecular weight excluding hydrogens is 357 g/mol. The first kappa shape index (κ1) is 16.7. The zero-order chi connectivity index (χ0) is 19.3. The first-order chi connectivity index (χ1) is 13.6. The molecule has 2 atom stereocenters. The lowest BCUT2D eigenvalue weighted by Gasteiger charge is -2.36. The molecule has 0 spiro atoms. The number of nitriles is 1. The van der Waals surface area contributed by atoms with Crippen molar-refractivity contribution in [1.29, 1.82) is 5.26 Å². The number of aryl methyl sites for hydroxylation is 1. The summed E-state index contributed by atoms with van der Waals surface area (Å²) in [6, 6.07) is 9.45. The molecule has 0 saturated carbocycles. The molecule has 28 heavy (non-hydrogen) atoms. The summed E-state index contributed by atoms with van der Waals surface area (Å²) >= 11 is 0. The minimum atomic E-state index is -0.221. The molecule has 2 aromatic heterocycles. The number of fused-ring (bicyclic) bond motifs is 2. The lowest BCUT2D eigenvalue weighted by molar-refractivity contribution is 0.617. The van der Waals surface area contributed by atoms with Crippen LogP contribution in [0.5, 0.6) is 0 Å². The smallest absolute Gasteiger partial charge is 0.164 e. The Morgan fingerprint density at radius 2 is 2.00 bits per heavy atom. The molecular formula is C20H18FN7. The zero-order valence-corrected chi connectivity index (χ0v) is 15.3. The number of aromatic nitrogens is 4. The second-order valence-electron chi connectivity index (χ2n) is 7.27. The van der Waals surface area contributed by atoms with Crippen LogP contribution in [0.4, 0.5) is 15.9 Å². The minimum absolute atomic E-state index is 0.221. The number of anilines is 2. The molecule has 4 heterocycles. The Morgan fingerprint density at radius 3 is 2.68 bits per heavy atom. The number of piperazine rings is 1. The molecule has 0 aliphatic carbocycles. The van der Waals surface area contributed by atoms with Crippen LogP contribution in [-0.2, 0) is 7.05 Å². The van der Waals surface area contributed by atoms with Gasteiger partial charge < -0.3 is 9.80 Å². The van der Waals surface area contributed by atoms with Gasteiger partial charge in [0, 0.05) is 38.1 Å². The summed E-state index contributed by atoms with van der Waals surface area (Å²) in [4.78, 5) is 13.5. The molecule has 0 unspecified atom stereocenters. The first-order valence-corrected chi connectivity index (χ1v) is 9.17. The van der Waals surface area contributed by atoms with Crippen molar-refractivity contribution in [3.8, 4) is 17.5 Å². The van der Waals surface area contributed by atoms with E-state index in [1.165, 1.54) is 6.07 Å². The van der Waals surface area contributed by atoms with Gasteiger partial charge in [-0.05, 0) is 24.6 Å². The number of halogens is 1. The van der Waals surface area contributed by atoms with Crippen LogP contribution in [0.1, 0.15) is 12.0 Å². The number of hydrogen-bond acceptors (Lipinski definition) is 6. The van der Waals surface area contributed by atoms with Crippen LogP contribution in [0.3, 0.4) is 0 Å². The van der Waals surface area contributed by atoms with E-state index < -0.39 is 0 Å². The van der Waals surface area contributed by atoms with E-state index in [9.17, 15) is 9.65 Å². The summed E-state index contributed by atoms with van der Waals surface area (Å²) in [6.07, 6.45) is 6.12. The second-order valence-corrected chi connectivity index (χ2v) is 7.27. The number of nitrogens with zero attached hydrogens (tertiary/aromatic N) is 7. The third kappa shape index (κ3) is 2.67. The molecule has 7 nitrogen and oxygen atoms in total. The van der Waals surface area contributed by atoms with Gasteiger partial charge in [0.05, 0.1) is 24.0 Å². The first-order valence-electron chi connectivity index (χ1n) is 9.17. The molecule has 140 valence electrons. The molecule has 2 aliphatic rings. The van der Waals surface area contributed by atoms with Crippen molar-refractivity contribution in [2.75, 3.05) is 22.9 Å². The fourth-order valence-corrected chi connectivity index (χ4v) is 4.24. The fourth-order valence-electron chi connectivity index (χ4n) is 4.24. The molecule has 2 aliphatic heterocycles. The van der Waals surface area contributed by atoms with Gasteiger partial charge in [-0.1, -0.05) is 6.07 Å². The number of hydrogen-bond donors (Lipinski definition) is 0. The van der Waals surface area contributed by atoms with E-state index in [-0.39, 0.29) is 17.9 Å². The normalized spacial score (nSPS) is 20.6. The maximum atomic E-state index is 13.6. The number of rotatable bonds is 3. The summed E-state index contributed by atoms with van der Waals surface area (Å²) in [7, 11) is 1.84. The van der Waals surface area contributed by atoms with Crippen molar-refractivity contribution in [2.24, 2.45) is 7.05 Å². The van der Waals surface area contributed by atoms with Crippen molar-refractivity contribution in [1.82, 2.24) is 19.7 Å². The average molecular weight is 375 g/mol. The summed E-state index contributed by atoms with van der Waals surface area (Å²) in [5.74, 6) is 1.01. The van der Waals surface area contributed by atoms with Gasteiger partial charge in [0.2, 0.25) is 0 Å². The van der Waals surface area contributed by atoms with E-state index in [2.05, 4.69) is 26.0 Å². The molecule has 0 amide bonds. The lowest BCUT2D eigenvalue weighted by Crippen LogP contribution is -2.47. The Morgan fingerprint density at radius 1 is 1.18 bits per heavy atom. The largest absolute Gasteiger partial charge is 0.365 e. The van der Waals surface area contributed by atoms with E-state index >= 15 is 0 Å². The van der Waals surface area contributed by atoms with E-state index in [0.717, 1.165) is 30.8 Å². The maximum absolute atomic E-state index is 13.6. The highest BCUT2D eigenvalue weighted by Gasteiger charge is 2.44. The van der Waals surface area contributed by atoms with E-state index in [4.69, 9.17) is 4.98 Å². The predicted octanol–water partition coefficient (Wildman–Crippen LogP) is 2.36. The Kier molecular flexibility index (Phi) is 3.76. The highest BCUT2D eigenvalue weighted by atomic mass is 19.1. The minimum Gasteiger partial charge on any atom is -0.365 e. The van der Waals surface area contributed by atoms with Gasteiger partial charge in [0.1, 0.15) is 17.4 Å². The van der Waals surface area contributed by atoms with Crippen LogP contribution in [0.15, 0.2) is 42.9 Å². The second kappa shape index (κ2) is 6.30. The molecule has 1 aromatic carbocycles. The Labute approximate surface area is 161 Å². The quantitative estimate of drug-likeness (QED) is 0.700. The van der Waals surface area contributed by atoms with Crippen molar-refractivity contribution in [2.45, 2.75) is 18.5 Å². The highest BCUT2D eigenvalue weighted by molar-refractivity contribution is 5.63. The lowest BCUT2D eigenvalue weighted by atomic mass is 10.2. The molecule has 0 radical (unpaired) electrons. The van der Waals surface area contributed by atoms with E-state index in [1.54, 1.807) is 29.2 Å². The van der Waals surface area contributed by atoms with Gasteiger partial charge in [-0.3, -0.25) is 4.68 Å². The van der Waals surface area contributed by atoms with Crippen molar-refractivity contribution >= 4 is 11.5 Å². The standard InChI is InChI=1S/C20H18FN7/c1-26-10-14(9-24-26)19-23-8-13(7-22)20(25-19)28-12-17-6-18(28)11-27(17)16-4-2-3-15(21)5-16/h2-5,8-10,17-18H,6,11-12H2,1H3/t17-,18-/m0/s1. The van der Waals surface area contributed by atoms with Gasteiger partial charge >= 0.3 is 0 Å². The molecule has 2 bridgehead atoms. The van der Waals surface area contributed by atoms with Crippen LogP contribution in [0.25, 0.3) is 11.4 Å². The summed E-state index contributed by atoms with van der Waals surface area (Å²) < 4.78 is 15.3. The molecule has 2 fully saturated rings. The zero-order valence-electron chi connectivity index (χ0n) is 15.3. The van der Waals surface area contributed by atoms with Crippen molar-refractivity contribution in [3.63, 3.8) is 0 Å². The van der Waals surface area contributed by atoms with Crippen molar-refractivity contribution in [3.05, 3.63) is 54.2 Å². The Hall–Kier alpha value is -3.47. The Bertz CT molecular complexity index is 1090. The SMILES string of the molecule is Cn1cc(-c2ncc(C#N)c(N3C[C@@H]4C[C@H]3CN4c3cccc(F)c3)n2)cn1. The van der Waals surface area contributed by atoms with Crippen LogP contribution in [0, 0.1) is 17.1 Å². The van der Waals surface area contributed by atoms with Gasteiger partial charge in [-0.25, -0.2) is 14.4 Å². The predicted molar refractivity (Wildman–Crippen MR) is 102 cm³/mol. The maximum Gasteiger partial charge on any atom is 0.164 e. The third-order valence-corrected chi connectivity index (χ3v) is 5.50. The van der Waals surface area contributed by atoms with Crippen LogP contribution in [0.2, 0.25) is 0 Å². The summed E-state index contributed by atoms with van der Waals surface area (Å²) in [6.45, 7) is 1.53. The van der Waals surface area contributed by atoms with Gasteiger partial charge in [0.25, 0.3) is 0 Å².